The molecule has 2 rings (SSSR count). The second kappa shape index (κ2) is 4.96. The molecular weight excluding hydrogens is 269 g/mol. The van der Waals surface area contributed by atoms with Crippen LogP contribution in [0.25, 0.3) is 5.57 Å². The first-order valence-corrected chi connectivity index (χ1v) is 5.94. The molecule has 1 aromatic rings. The molecule has 2 unspecified atom stereocenters. The molecule has 4 N–H and O–H groups in total. The van der Waals surface area contributed by atoms with Crippen LogP contribution in [0.2, 0.25) is 0 Å². The van der Waals surface area contributed by atoms with Crippen molar-refractivity contribution in [2.24, 2.45) is 11.7 Å². The molecule has 20 heavy (non-hydrogen) atoms. The number of hydrogen-bond acceptors (Lipinski definition) is 3. The second-order valence-electron chi connectivity index (χ2n) is 4.65. The van der Waals surface area contributed by atoms with Gasteiger partial charge in [-0.25, -0.2) is 0 Å². The molecule has 1 aromatic carbocycles. The molecule has 1 aliphatic carbocycles. The Balaban J connectivity index is 2.42. The Hall–Kier alpha value is -1.79. The maximum absolute atomic E-state index is 13.1. The summed E-state index contributed by atoms with van der Waals surface area (Å²) in [6, 6.07) is 6.59. The van der Waals surface area contributed by atoms with E-state index in [0.717, 1.165) is 13.2 Å². The highest BCUT2D eigenvalue weighted by Crippen LogP contribution is 2.40. The maximum atomic E-state index is 13.1. The normalized spacial score (nSPS) is 26.4. The van der Waals surface area contributed by atoms with Crippen molar-refractivity contribution in [3.8, 4) is 0 Å². The number of alkyl halides is 3. The van der Waals surface area contributed by atoms with E-state index in [1.807, 2.05) is 0 Å². The molecule has 6 heteroatoms. The van der Waals surface area contributed by atoms with Gasteiger partial charge >= 0.3 is 6.18 Å². The van der Waals surface area contributed by atoms with Gasteiger partial charge in [0.05, 0.1) is 0 Å². The van der Waals surface area contributed by atoms with E-state index in [2.05, 4.69) is 0 Å². The Kier molecular flexibility index (Phi) is 3.62. The fraction of sp³-hybridized carbons (Fsp3) is 0.286. The highest BCUT2D eigenvalue weighted by molar-refractivity contribution is 5.76. The number of hydrogen-bond donors (Lipinski definition) is 2. The number of rotatable bonds is 2. The van der Waals surface area contributed by atoms with Crippen LogP contribution in [-0.2, 0) is 4.74 Å². The monoisotopic (exact) mass is 284 g/mol. The zero-order chi connectivity index (χ0) is 15.0. The van der Waals surface area contributed by atoms with Crippen LogP contribution in [0, 0.1) is 5.92 Å². The molecule has 0 bridgehead atoms. The van der Waals surface area contributed by atoms with Gasteiger partial charge in [-0.15, -0.1) is 0 Å². The molecule has 0 aromatic heterocycles. The van der Waals surface area contributed by atoms with Gasteiger partial charge in [0.1, 0.15) is 5.92 Å². The maximum Gasteiger partial charge on any atom is 0.399 e. The van der Waals surface area contributed by atoms with E-state index in [0.29, 0.717) is 16.8 Å². The average Bonchev–Trinajstić information content (AvgIpc) is 2.39. The van der Waals surface area contributed by atoms with Gasteiger partial charge in [0.25, 0.3) is 0 Å². The summed E-state index contributed by atoms with van der Waals surface area (Å²) in [7, 11) is 1.16. The number of anilines is 1. The van der Waals surface area contributed by atoms with Gasteiger partial charge in [-0.3, -0.25) is 5.73 Å². The number of ether oxygens (including phenoxy) is 1. The summed E-state index contributed by atoms with van der Waals surface area (Å²) in [5.41, 5.74) is 11.0. The van der Waals surface area contributed by atoms with Crippen LogP contribution in [0.3, 0.4) is 0 Å². The highest BCUT2D eigenvalue weighted by Gasteiger charge is 2.51. The Bertz CT molecular complexity index is 549. The molecular formula is C14H15F3N2O. The van der Waals surface area contributed by atoms with Gasteiger partial charge in [0, 0.05) is 12.8 Å². The van der Waals surface area contributed by atoms with E-state index in [9.17, 15) is 13.2 Å². The van der Waals surface area contributed by atoms with Gasteiger partial charge in [0.15, 0.2) is 5.72 Å². The summed E-state index contributed by atoms with van der Waals surface area (Å²) < 4.78 is 44.2. The summed E-state index contributed by atoms with van der Waals surface area (Å²) in [5, 5.41) is 0. The van der Waals surface area contributed by atoms with Gasteiger partial charge in [-0.05, 0) is 29.3 Å². The lowest BCUT2D eigenvalue weighted by molar-refractivity contribution is -0.204. The Morgan fingerprint density at radius 1 is 1.20 bits per heavy atom. The second-order valence-corrected chi connectivity index (χ2v) is 4.65. The number of nitrogens with two attached hydrogens (primary N) is 2. The number of halogens is 3. The quantitative estimate of drug-likeness (QED) is 0.648. The van der Waals surface area contributed by atoms with Crippen molar-refractivity contribution in [3.63, 3.8) is 0 Å². The van der Waals surface area contributed by atoms with Crippen molar-refractivity contribution < 1.29 is 17.9 Å². The summed E-state index contributed by atoms with van der Waals surface area (Å²) in [4.78, 5) is 0. The van der Waals surface area contributed by atoms with Crippen LogP contribution >= 0.6 is 0 Å². The van der Waals surface area contributed by atoms with Crippen LogP contribution in [-0.4, -0.2) is 19.0 Å². The molecule has 2 atom stereocenters. The molecule has 0 saturated heterocycles. The van der Waals surface area contributed by atoms with E-state index in [-0.39, 0.29) is 0 Å². The van der Waals surface area contributed by atoms with E-state index in [4.69, 9.17) is 16.2 Å². The minimum atomic E-state index is -4.49. The van der Waals surface area contributed by atoms with Gasteiger partial charge in [-0.1, -0.05) is 24.3 Å². The summed E-state index contributed by atoms with van der Waals surface area (Å²) in [5.74, 6) is -1.91. The molecule has 108 valence electrons. The van der Waals surface area contributed by atoms with Crippen LogP contribution < -0.4 is 11.5 Å². The Morgan fingerprint density at radius 2 is 1.80 bits per heavy atom. The topological polar surface area (TPSA) is 61.3 Å². The lowest BCUT2D eigenvalue weighted by Crippen LogP contribution is -2.53. The summed E-state index contributed by atoms with van der Waals surface area (Å²) in [6.45, 7) is 0. The number of methoxy groups -OCH3 is 1. The van der Waals surface area contributed by atoms with Crippen molar-refractivity contribution in [2.75, 3.05) is 12.8 Å². The third kappa shape index (κ3) is 2.71. The van der Waals surface area contributed by atoms with Crippen LogP contribution in [0.4, 0.5) is 18.9 Å². The van der Waals surface area contributed by atoms with E-state index >= 15 is 0 Å². The standard InChI is InChI=1S/C14H15F3N2O/c1-20-13(19)7-6-10(8-12(13)14(15,16)17)9-2-4-11(18)5-3-9/h2-8,12H,18-19H2,1H3. The molecule has 0 fully saturated rings. The lowest BCUT2D eigenvalue weighted by Gasteiger charge is -2.35. The number of benzene rings is 1. The predicted octanol–water partition coefficient (Wildman–Crippen LogP) is 2.70. The average molecular weight is 284 g/mol. The summed E-state index contributed by atoms with van der Waals surface area (Å²) >= 11 is 0. The SMILES string of the molecule is COC1(N)C=CC(c2ccc(N)cc2)=CC1C(F)(F)F. The molecule has 0 amide bonds. The molecule has 0 spiro atoms. The first kappa shape index (κ1) is 14.6. The van der Waals surface area contributed by atoms with E-state index in [1.54, 1.807) is 24.3 Å². The molecule has 0 radical (unpaired) electrons. The first-order valence-electron chi connectivity index (χ1n) is 5.94. The van der Waals surface area contributed by atoms with Gasteiger partial charge in [0.2, 0.25) is 0 Å². The largest absolute Gasteiger partial charge is 0.399 e. The third-order valence-corrected chi connectivity index (χ3v) is 3.31. The zero-order valence-electron chi connectivity index (χ0n) is 10.8. The molecule has 3 nitrogen and oxygen atoms in total. The third-order valence-electron chi connectivity index (χ3n) is 3.31. The lowest BCUT2D eigenvalue weighted by atomic mass is 9.85. The van der Waals surface area contributed by atoms with E-state index in [1.165, 1.54) is 12.2 Å². The van der Waals surface area contributed by atoms with Crippen molar-refractivity contribution in [1.29, 1.82) is 0 Å². The van der Waals surface area contributed by atoms with Crippen molar-refractivity contribution >= 4 is 11.3 Å². The highest BCUT2D eigenvalue weighted by atomic mass is 19.4. The molecule has 0 saturated carbocycles. The van der Waals surface area contributed by atoms with Crippen LogP contribution in [0.15, 0.2) is 42.5 Å². The minimum Gasteiger partial charge on any atom is -0.399 e. The summed E-state index contributed by atoms with van der Waals surface area (Å²) in [6.07, 6.45) is -0.655. The zero-order valence-corrected chi connectivity index (χ0v) is 10.8. The van der Waals surface area contributed by atoms with Crippen molar-refractivity contribution in [1.82, 2.24) is 0 Å². The fourth-order valence-electron chi connectivity index (χ4n) is 2.10. The van der Waals surface area contributed by atoms with Crippen molar-refractivity contribution in [3.05, 3.63) is 48.1 Å². The van der Waals surface area contributed by atoms with E-state index < -0.39 is 17.8 Å². The van der Waals surface area contributed by atoms with Crippen LogP contribution in [0.5, 0.6) is 0 Å². The van der Waals surface area contributed by atoms with Gasteiger partial charge in [-0.2, -0.15) is 13.2 Å². The first-order chi connectivity index (χ1) is 9.26. The van der Waals surface area contributed by atoms with Crippen LogP contribution in [0.1, 0.15) is 5.56 Å². The van der Waals surface area contributed by atoms with Gasteiger partial charge < -0.3 is 10.5 Å². The minimum absolute atomic E-state index is 0.436. The number of allylic oxidation sites excluding steroid dienone is 2. The smallest absolute Gasteiger partial charge is 0.399 e. The Labute approximate surface area is 114 Å². The Morgan fingerprint density at radius 3 is 2.30 bits per heavy atom. The molecule has 1 aliphatic rings. The predicted molar refractivity (Wildman–Crippen MR) is 71.4 cm³/mol. The number of nitrogen functional groups attached to an aromatic ring is 1. The fourth-order valence-corrected chi connectivity index (χ4v) is 2.10. The molecule has 0 heterocycles. The molecule has 0 aliphatic heterocycles. The van der Waals surface area contributed by atoms with Crippen molar-refractivity contribution in [2.45, 2.75) is 11.9 Å².